The molecule has 7 heteroatoms. The van der Waals surface area contributed by atoms with E-state index in [1.165, 1.54) is 36.0 Å². The SMILES string of the molecule is O=C(CNC(=O)c1cccc(F)c1)OCCSc1ccccc1F. The summed E-state index contributed by atoms with van der Waals surface area (Å²) in [6, 6.07) is 11.5. The highest BCUT2D eigenvalue weighted by atomic mass is 32.2. The Balaban J connectivity index is 1.66. The van der Waals surface area contributed by atoms with Crippen molar-refractivity contribution in [2.24, 2.45) is 0 Å². The summed E-state index contributed by atoms with van der Waals surface area (Å²) in [5.41, 5.74) is 0.123. The Morgan fingerprint density at radius 3 is 2.62 bits per heavy atom. The maximum absolute atomic E-state index is 13.4. The highest BCUT2D eigenvalue weighted by molar-refractivity contribution is 7.99. The summed E-state index contributed by atoms with van der Waals surface area (Å²) in [5, 5.41) is 2.35. The van der Waals surface area contributed by atoms with Crippen molar-refractivity contribution in [3.8, 4) is 0 Å². The minimum atomic E-state index is -0.617. The van der Waals surface area contributed by atoms with Crippen molar-refractivity contribution >= 4 is 23.6 Å². The number of halogens is 2. The van der Waals surface area contributed by atoms with Crippen molar-refractivity contribution in [1.82, 2.24) is 5.32 Å². The number of carbonyl (C=O) groups is 2. The van der Waals surface area contributed by atoms with E-state index in [0.717, 1.165) is 6.07 Å². The van der Waals surface area contributed by atoms with E-state index in [2.05, 4.69) is 5.32 Å². The van der Waals surface area contributed by atoms with Gasteiger partial charge in [0.15, 0.2) is 0 Å². The fraction of sp³-hybridized carbons (Fsp3) is 0.176. The van der Waals surface area contributed by atoms with Crippen LogP contribution in [0, 0.1) is 11.6 Å². The predicted molar refractivity (Wildman–Crippen MR) is 86.8 cm³/mol. The zero-order valence-corrected chi connectivity index (χ0v) is 13.4. The maximum Gasteiger partial charge on any atom is 0.325 e. The van der Waals surface area contributed by atoms with Gasteiger partial charge in [-0.2, -0.15) is 0 Å². The van der Waals surface area contributed by atoms with Crippen LogP contribution in [-0.2, 0) is 9.53 Å². The van der Waals surface area contributed by atoms with Gasteiger partial charge in [0.2, 0.25) is 0 Å². The lowest BCUT2D eigenvalue weighted by Crippen LogP contribution is -2.31. The highest BCUT2D eigenvalue weighted by Crippen LogP contribution is 2.20. The molecule has 1 N–H and O–H groups in total. The van der Waals surface area contributed by atoms with Crippen molar-refractivity contribution in [2.45, 2.75) is 4.90 Å². The molecule has 2 aromatic rings. The Kier molecular flexibility index (Phi) is 6.74. The Hall–Kier alpha value is -2.41. The molecule has 24 heavy (non-hydrogen) atoms. The number of carbonyl (C=O) groups excluding carboxylic acids is 2. The molecular formula is C17H15F2NO3S. The number of hydrogen-bond donors (Lipinski definition) is 1. The molecule has 0 saturated carbocycles. The number of nitrogens with one attached hydrogen (secondary N) is 1. The molecule has 0 heterocycles. The standard InChI is InChI=1S/C17H15F2NO3S/c18-13-5-3-4-12(10-13)17(22)20-11-16(21)23-8-9-24-15-7-2-1-6-14(15)19/h1-7,10H,8-9,11H2,(H,20,22). The first-order chi connectivity index (χ1) is 11.6. The van der Waals surface area contributed by atoms with Crippen LogP contribution in [0.5, 0.6) is 0 Å². The summed E-state index contributed by atoms with van der Waals surface area (Å²) in [7, 11) is 0. The van der Waals surface area contributed by atoms with Crippen LogP contribution in [-0.4, -0.2) is 30.8 Å². The first-order valence-corrected chi connectivity index (χ1v) is 8.11. The van der Waals surface area contributed by atoms with Gasteiger partial charge in [0, 0.05) is 16.2 Å². The summed E-state index contributed by atoms with van der Waals surface area (Å²) in [6.45, 7) is -0.229. The van der Waals surface area contributed by atoms with Gasteiger partial charge in [-0.3, -0.25) is 9.59 Å². The molecule has 0 radical (unpaired) electrons. The summed E-state index contributed by atoms with van der Waals surface area (Å²) in [5.74, 6) is -1.64. The van der Waals surface area contributed by atoms with Gasteiger partial charge in [-0.05, 0) is 30.3 Å². The van der Waals surface area contributed by atoms with Crippen LogP contribution < -0.4 is 5.32 Å². The molecule has 0 saturated heterocycles. The number of thioether (sulfide) groups is 1. The second-order valence-corrected chi connectivity index (χ2v) is 5.83. The smallest absolute Gasteiger partial charge is 0.325 e. The van der Waals surface area contributed by atoms with Crippen LogP contribution >= 0.6 is 11.8 Å². The number of esters is 1. The van der Waals surface area contributed by atoms with Crippen molar-refractivity contribution in [1.29, 1.82) is 0 Å². The quantitative estimate of drug-likeness (QED) is 0.473. The van der Waals surface area contributed by atoms with E-state index in [4.69, 9.17) is 4.74 Å². The molecule has 0 unspecified atom stereocenters. The minimum absolute atomic E-state index is 0.0909. The van der Waals surface area contributed by atoms with E-state index in [1.807, 2.05) is 0 Å². The number of amides is 1. The molecule has 0 aliphatic carbocycles. The van der Waals surface area contributed by atoms with Gasteiger partial charge in [-0.1, -0.05) is 18.2 Å². The van der Waals surface area contributed by atoms with Gasteiger partial charge >= 0.3 is 5.97 Å². The molecule has 0 spiro atoms. The van der Waals surface area contributed by atoms with Gasteiger partial charge in [-0.15, -0.1) is 11.8 Å². The summed E-state index contributed by atoms with van der Waals surface area (Å²) < 4.78 is 31.3. The first-order valence-electron chi connectivity index (χ1n) is 7.13. The van der Waals surface area contributed by atoms with E-state index >= 15 is 0 Å². The monoisotopic (exact) mass is 351 g/mol. The zero-order chi connectivity index (χ0) is 17.4. The summed E-state index contributed by atoms with van der Waals surface area (Å²) in [4.78, 5) is 23.7. The third kappa shape index (κ3) is 5.66. The third-order valence-electron chi connectivity index (χ3n) is 2.92. The molecule has 4 nitrogen and oxygen atoms in total. The van der Waals surface area contributed by atoms with Crippen LogP contribution in [0.2, 0.25) is 0 Å². The zero-order valence-electron chi connectivity index (χ0n) is 12.6. The Morgan fingerprint density at radius 1 is 1.08 bits per heavy atom. The fourth-order valence-electron chi connectivity index (χ4n) is 1.80. The molecule has 0 atom stereocenters. The lowest BCUT2D eigenvalue weighted by atomic mass is 10.2. The molecule has 0 aromatic heterocycles. The topological polar surface area (TPSA) is 55.4 Å². The lowest BCUT2D eigenvalue weighted by molar-refractivity contribution is -0.141. The molecule has 126 valence electrons. The molecular weight excluding hydrogens is 336 g/mol. The van der Waals surface area contributed by atoms with Crippen LogP contribution in [0.1, 0.15) is 10.4 Å². The van der Waals surface area contributed by atoms with Crippen LogP contribution in [0.4, 0.5) is 8.78 Å². The summed E-state index contributed by atoms with van der Waals surface area (Å²) >= 11 is 1.23. The van der Waals surface area contributed by atoms with Crippen LogP contribution in [0.25, 0.3) is 0 Å². The normalized spacial score (nSPS) is 10.2. The molecule has 0 fully saturated rings. The Labute approximate surface area is 142 Å². The molecule has 0 aliphatic rings. The number of ether oxygens (including phenoxy) is 1. The lowest BCUT2D eigenvalue weighted by Gasteiger charge is -2.07. The van der Waals surface area contributed by atoms with Crippen LogP contribution in [0.3, 0.4) is 0 Å². The molecule has 0 aliphatic heterocycles. The summed E-state index contributed by atoms with van der Waals surface area (Å²) in [6.07, 6.45) is 0. The van der Waals surface area contributed by atoms with Gasteiger partial charge < -0.3 is 10.1 Å². The van der Waals surface area contributed by atoms with Crippen molar-refractivity contribution in [2.75, 3.05) is 18.9 Å². The average molecular weight is 351 g/mol. The molecule has 2 aromatic carbocycles. The second kappa shape index (κ2) is 9.02. The molecule has 1 amide bonds. The largest absolute Gasteiger partial charge is 0.463 e. The van der Waals surface area contributed by atoms with Crippen LogP contribution in [0.15, 0.2) is 53.4 Å². The van der Waals surface area contributed by atoms with E-state index in [0.29, 0.717) is 10.6 Å². The van der Waals surface area contributed by atoms with Crippen molar-refractivity contribution in [3.63, 3.8) is 0 Å². The number of hydrogen-bond acceptors (Lipinski definition) is 4. The van der Waals surface area contributed by atoms with E-state index < -0.39 is 17.7 Å². The third-order valence-corrected chi connectivity index (χ3v) is 3.93. The van der Waals surface area contributed by atoms with Gasteiger partial charge in [-0.25, -0.2) is 8.78 Å². The van der Waals surface area contributed by atoms with Crippen molar-refractivity contribution in [3.05, 3.63) is 65.7 Å². The Morgan fingerprint density at radius 2 is 1.88 bits per heavy atom. The van der Waals surface area contributed by atoms with Gasteiger partial charge in [0.05, 0.1) is 0 Å². The number of rotatable bonds is 7. The van der Waals surface area contributed by atoms with E-state index in [9.17, 15) is 18.4 Å². The number of benzene rings is 2. The van der Waals surface area contributed by atoms with Gasteiger partial charge in [0.25, 0.3) is 5.91 Å². The fourth-order valence-corrected chi connectivity index (χ4v) is 2.57. The predicted octanol–water partition coefficient (Wildman–Crippen LogP) is 3.03. The maximum atomic E-state index is 13.4. The average Bonchev–Trinajstić information content (AvgIpc) is 2.58. The molecule has 2 rings (SSSR count). The highest BCUT2D eigenvalue weighted by Gasteiger charge is 2.09. The second-order valence-electron chi connectivity index (χ2n) is 4.69. The molecule has 0 bridgehead atoms. The minimum Gasteiger partial charge on any atom is -0.463 e. The van der Waals surface area contributed by atoms with E-state index in [-0.39, 0.29) is 24.5 Å². The first kappa shape index (κ1) is 17.9. The Bertz CT molecular complexity index is 724. The van der Waals surface area contributed by atoms with Gasteiger partial charge in [0.1, 0.15) is 24.8 Å². The van der Waals surface area contributed by atoms with E-state index in [1.54, 1.807) is 18.2 Å². The van der Waals surface area contributed by atoms with Crippen molar-refractivity contribution < 1.29 is 23.1 Å².